The van der Waals surface area contributed by atoms with Gasteiger partial charge in [-0.15, -0.1) is 0 Å². The van der Waals surface area contributed by atoms with E-state index in [0.717, 1.165) is 25.9 Å². The van der Waals surface area contributed by atoms with E-state index < -0.39 is 0 Å². The highest BCUT2D eigenvalue weighted by Crippen LogP contribution is 2.15. The first kappa shape index (κ1) is 15.2. The van der Waals surface area contributed by atoms with E-state index in [9.17, 15) is 0 Å². The standard InChI is InChI=1S/C14H19N3.HI/c1-17-10-4-5-12-6-7-13(11-14(12)17)16-9-3-2-8-15;/h4-7,10-11H,2-3,8-9,15H2,1H3;1H. The van der Waals surface area contributed by atoms with E-state index in [4.69, 9.17) is 5.73 Å². The second-order valence-corrected chi connectivity index (χ2v) is 4.32. The predicted octanol–water partition coefficient (Wildman–Crippen LogP) is -1.18. The van der Waals surface area contributed by atoms with Gasteiger partial charge in [-0.05, 0) is 37.6 Å². The molecular formula is C14H20IN3. The molecule has 0 unspecified atom stereocenters. The Balaban J connectivity index is 0.00000162. The van der Waals surface area contributed by atoms with Gasteiger partial charge < -0.3 is 35.0 Å². The van der Waals surface area contributed by atoms with Gasteiger partial charge in [0.2, 0.25) is 5.52 Å². The summed E-state index contributed by atoms with van der Waals surface area (Å²) in [7, 11) is 2.07. The van der Waals surface area contributed by atoms with E-state index in [1.807, 2.05) is 0 Å². The number of hydrogen-bond acceptors (Lipinski definition) is 2. The molecule has 0 aliphatic heterocycles. The Morgan fingerprint density at radius 3 is 2.83 bits per heavy atom. The monoisotopic (exact) mass is 357 g/mol. The minimum absolute atomic E-state index is 0. The van der Waals surface area contributed by atoms with Crippen LogP contribution in [0.2, 0.25) is 0 Å². The number of hydrogen-bond donors (Lipinski definition) is 2. The van der Waals surface area contributed by atoms with E-state index in [0.29, 0.717) is 0 Å². The number of aromatic nitrogens is 1. The lowest BCUT2D eigenvalue weighted by Crippen LogP contribution is -3.00. The number of unbranched alkanes of at least 4 members (excludes halogenated alkanes) is 1. The largest absolute Gasteiger partial charge is 1.00 e. The molecule has 0 radical (unpaired) electrons. The summed E-state index contributed by atoms with van der Waals surface area (Å²) in [5.41, 5.74) is 7.89. The van der Waals surface area contributed by atoms with Gasteiger partial charge in [-0.2, -0.15) is 0 Å². The number of halogens is 1. The van der Waals surface area contributed by atoms with Crippen molar-refractivity contribution in [2.45, 2.75) is 12.8 Å². The molecule has 3 nitrogen and oxygen atoms in total. The molecule has 0 aliphatic rings. The molecule has 4 heteroatoms. The van der Waals surface area contributed by atoms with Crippen LogP contribution in [-0.2, 0) is 7.05 Å². The second kappa shape index (κ2) is 7.53. The zero-order chi connectivity index (χ0) is 12.1. The van der Waals surface area contributed by atoms with Crippen molar-refractivity contribution in [3.8, 4) is 0 Å². The molecule has 0 bridgehead atoms. The second-order valence-electron chi connectivity index (χ2n) is 4.32. The van der Waals surface area contributed by atoms with E-state index in [1.165, 1.54) is 16.6 Å². The molecule has 2 aromatic rings. The third-order valence-corrected chi connectivity index (χ3v) is 2.96. The van der Waals surface area contributed by atoms with Gasteiger partial charge in [-0.25, -0.2) is 4.57 Å². The average Bonchev–Trinajstić information content (AvgIpc) is 2.36. The predicted molar refractivity (Wildman–Crippen MR) is 71.9 cm³/mol. The van der Waals surface area contributed by atoms with Gasteiger partial charge in [0.25, 0.3) is 0 Å². The number of anilines is 1. The number of nitrogens with one attached hydrogen (secondary N) is 1. The lowest BCUT2D eigenvalue weighted by Gasteiger charge is -2.06. The maximum absolute atomic E-state index is 5.47. The summed E-state index contributed by atoms with van der Waals surface area (Å²) in [6.45, 7) is 1.76. The van der Waals surface area contributed by atoms with E-state index in [2.05, 4.69) is 53.5 Å². The summed E-state index contributed by atoms with van der Waals surface area (Å²) in [5, 5.41) is 4.70. The van der Waals surface area contributed by atoms with Crippen LogP contribution >= 0.6 is 0 Å². The maximum Gasteiger partial charge on any atom is 0.214 e. The highest BCUT2D eigenvalue weighted by molar-refractivity contribution is 5.79. The summed E-state index contributed by atoms with van der Waals surface area (Å²) < 4.78 is 2.14. The quantitative estimate of drug-likeness (QED) is 0.402. The van der Waals surface area contributed by atoms with Crippen LogP contribution in [0.1, 0.15) is 12.8 Å². The third kappa shape index (κ3) is 3.81. The Kier molecular flexibility index (Phi) is 6.35. The van der Waals surface area contributed by atoms with Crippen LogP contribution in [0.3, 0.4) is 0 Å². The van der Waals surface area contributed by atoms with E-state index in [1.54, 1.807) is 0 Å². The van der Waals surface area contributed by atoms with Crippen LogP contribution in [0.25, 0.3) is 10.9 Å². The Morgan fingerprint density at radius 2 is 2.06 bits per heavy atom. The molecule has 0 atom stereocenters. The number of nitrogens with two attached hydrogens (primary N) is 1. The zero-order valence-corrected chi connectivity index (χ0v) is 12.9. The van der Waals surface area contributed by atoms with Crippen LogP contribution in [0, 0.1) is 0 Å². The number of rotatable bonds is 5. The Hall–Kier alpha value is -0.880. The van der Waals surface area contributed by atoms with Crippen molar-refractivity contribution >= 4 is 16.6 Å². The smallest absolute Gasteiger partial charge is 0.214 e. The van der Waals surface area contributed by atoms with Crippen molar-refractivity contribution in [2.24, 2.45) is 12.8 Å². The number of aryl methyl sites for hydroxylation is 1. The van der Waals surface area contributed by atoms with Crippen LogP contribution in [0.4, 0.5) is 5.69 Å². The molecule has 0 aliphatic carbocycles. The van der Waals surface area contributed by atoms with Crippen molar-refractivity contribution in [1.29, 1.82) is 0 Å². The third-order valence-electron chi connectivity index (χ3n) is 2.96. The molecule has 98 valence electrons. The highest BCUT2D eigenvalue weighted by Gasteiger charge is 2.04. The molecule has 0 amide bonds. The number of nitrogens with zero attached hydrogens (tertiary/aromatic N) is 1. The first-order chi connectivity index (χ1) is 8.31. The maximum atomic E-state index is 5.47. The number of pyridine rings is 1. The van der Waals surface area contributed by atoms with Crippen molar-refractivity contribution in [3.63, 3.8) is 0 Å². The summed E-state index contributed by atoms with van der Waals surface area (Å²) in [6, 6.07) is 10.7. The normalized spacial score (nSPS) is 10.1. The van der Waals surface area contributed by atoms with E-state index in [-0.39, 0.29) is 24.0 Å². The lowest BCUT2D eigenvalue weighted by molar-refractivity contribution is -0.644. The molecule has 0 saturated carbocycles. The minimum Gasteiger partial charge on any atom is -1.00 e. The summed E-state index contributed by atoms with van der Waals surface area (Å²) in [6.07, 6.45) is 4.27. The van der Waals surface area contributed by atoms with Crippen molar-refractivity contribution < 1.29 is 28.5 Å². The fraction of sp³-hybridized carbons (Fsp3) is 0.357. The molecule has 1 aromatic carbocycles. The molecular weight excluding hydrogens is 337 g/mol. The first-order valence-electron chi connectivity index (χ1n) is 6.13. The molecule has 0 spiro atoms. The molecule has 3 N–H and O–H groups in total. The summed E-state index contributed by atoms with van der Waals surface area (Å²) in [5.74, 6) is 0. The van der Waals surface area contributed by atoms with Crippen molar-refractivity contribution in [1.82, 2.24) is 0 Å². The summed E-state index contributed by atoms with van der Waals surface area (Å²) >= 11 is 0. The van der Waals surface area contributed by atoms with Gasteiger partial charge >= 0.3 is 0 Å². The van der Waals surface area contributed by atoms with E-state index >= 15 is 0 Å². The first-order valence-corrected chi connectivity index (χ1v) is 6.13. The molecule has 0 fully saturated rings. The molecule has 1 heterocycles. The van der Waals surface area contributed by atoms with Gasteiger partial charge in [-0.1, -0.05) is 0 Å². The van der Waals surface area contributed by atoms with Crippen molar-refractivity contribution in [2.75, 3.05) is 18.4 Å². The van der Waals surface area contributed by atoms with Crippen LogP contribution < -0.4 is 39.6 Å². The van der Waals surface area contributed by atoms with Gasteiger partial charge in [0.1, 0.15) is 7.05 Å². The minimum atomic E-state index is 0. The van der Waals surface area contributed by atoms with Gasteiger partial charge in [0.05, 0.1) is 0 Å². The number of fused-ring (bicyclic) bond motifs is 1. The Labute approximate surface area is 125 Å². The van der Waals surface area contributed by atoms with Crippen LogP contribution in [0.5, 0.6) is 0 Å². The van der Waals surface area contributed by atoms with Gasteiger partial charge in [0, 0.05) is 29.8 Å². The fourth-order valence-electron chi connectivity index (χ4n) is 1.96. The van der Waals surface area contributed by atoms with Crippen molar-refractivity contribution in [3.05, 3.63) is 36.5 Å². The molecule has 1 aromatic heterocycles. The van der Waals surface area contributed by atoms with Crippen LogP contribution in [0.15, 0.2) is 36.5 Å². The Morgan fingerprint density at radius 1 is 1.22 bits per heavy atom. The molecule has 2 rings (SSSR count). The van der Waals surface area contributed by atoms with Gasteiger partial charge in [0.15, 0.2) is 6.20 Å². The molecule has 0 saturated heterocycles. The number of benzene rings is 1. The zero-order valence-electron chi connectivity index (χ0n) is 10.7. The average molecular weight is 357 g/mol. The topological polar surface area (TPSA) is 41.9 Å². The van der Waals surface area contributed by atoms with Crippen LogP contribution in [-0.4, -0.2) is 13.1 Å². The van der Waals surface area contributed by atoms with Gasteiger partial charge in [-0.3, -0.25) is 0 Å². The highest BCUT2D eigenvalue weighted by atomic mass is 127. The fourth-order valence-corrected chi connectivity index (χ4v) is 1.96. The SMILES string of the molecule is C[n+]1cccc2ccc(NCCCCN)cc21.[I-]. The Bertz CT molecular complexity index is 499. The summed E-state index contributed by atoms with van der Waals surface area (Å²) in [4.78, 5) is 0. The molecule has 18 heavy (non-hydrogen) atoms. The lowest BCUT2D eigenvalue weighted by atomic mass is 10.2.